The van der Waals surface area contributed by atoms with Crippen LogP contribution < -0.4 is 34.2 Å². The molecule has 4 heterocycles. The van der Waals surface area contributed by atoms with Gasteiger partial charge in [-0.2, -0.15) is 5.26 Å². The zero-order chi connectivity index (χ0) is 37.4. The lowest BCUT2D eigenvalue weighted by molar-refractivity contribution is -0.123. The Morgan fingerprint density at radius 3 is 2.60 bits per heavy atom. The minimum atomic E-state index is -0.913. The standard InChI is InChI=1S/C36H46BN5O10/c1-9-10-48-36(44)52-31-19(3)32-34(51-17-50-32)28-22(31)13-24-29-27-21(11-18(2)30(47-8)33(27)49-16-46-7)12-23(41(29)6)25(14-38)42(24)26(28)15-39-35(43)20(4)40-37(5)45/h9,11,20,23-26,29,40,45H,1,10,12-13,15-17H2,2-8H3,(H,39,43)/t20-,23-,24?,25-,26-,29-/m0/s1. The zero-order valence-corrected chi connectivity index (χ0v) is 30.6. The molecule has 1 amide bonds. The van der Waals surface area contributed by atoms with E-state index in [0.29, 0.717) is 52.5 Å². The van der Waals surface area contributed by atoms with Gasteiger partial charge < -0.3 is 48.7 Å². The second-order valence-corrected chi connectivity index (χ2v) is 13.5. The minimum Gasteiger partial charge on any atom is -0.493 e. The van der Waals surface area contributed by atoms with Crippen molar-refractivity contribution < 1.29 is 47.8 Å². The SMILES string of the molecule is C=CCOC(=O)Oc1c(C)c2c(c3c1CC1[C@H]4c5c(cc(C)c(OC)c5OCOC)C[C@@H]([C@H](C#N)N1[C@H]3CNC(=O)[C@H](C)NB(C)O)N4C)OCO2. The molecule has 0 radical (unpaired) electrons. The third-order valence-electron chi connectivity index (χ3n) is 10.4. The molecule has 1 saturated heterocycles. The van der Waals surface area contributed by atoms with E-state index >= 15 is 0 Å². The molecule has 278 valence electrons. The first kappa shape index (κ1) is 37.2. The second-order valence-electron chi connectivity index (χ2n) is 13.5. The van der Waals surface area contributed by atoms with Crippen LogP contribution in [0.25, 0.3) is 0 Å². The first-order valence-corrected chi connectivity index (χ1v) is 17.3. The van der Waals surface area contributed by atoms with Gasteiger partial charge in [-0.15, -0.1) is 0 Å². The van der Waals surface area contributed by atoms with E-state index in [9.17, 15) is 19.9 Å². The highest BCUT2D eigenvalue weighted by Crippen LogP contribution is 2.58. The van der Waals surface area contributed by atoms with Gasteiger partial charge in [0, 0.05) is 48.0 Å². The fraction of sp³-hybridized carbons (Fsp3) is 0.528. The van der Waals surface area contributed by atoms with Gasteiger partial charge in [-0.1, -0.05) is 18.7 Å². The smallest absolute Gasteiger partial charge is 0.493 e. The monoisotopic (exact) mass is 719 g/mol. The molecule has 1 fully saturated rings. The van der Waals surface area contributed by atoms with Crippen molar-refractivity contribution in [3.8, 4) is 34.8 Å². The number of nitriles is 1. The lowest BCUT2D eigenvalue weighted by Crippen LogP contribution is -2.69. The Hall–Kier alpha value is -4.53. The Morgan fingerprint density at radius 1 is 1.17 bits per heavy atom. The van der Waals surface area contributed by atoms with Crippen LogP contribution in [0.2, 0.25) is 6.82 Å². The number of amides is 1. The number of hydrogen-bond donors (Lipinski definition) is 3. The van der Waals surface area contributed by atoms with Crippen LogP contribution >= 0.6 is 0 Å². The normalized spacial score (nSPS) is 23.2. The number of aryl methyl sites for hydroxylation is 1. The van der Waals surface area contributed by atoms with Gasteiger partial charge in [0.05, 0.1) is 31.3 Å². The van der Waals surface area contributed by atoms with Crippen LogP contribution in [0.15, 0.2) is 18.7 Å². The summed E-state index contributed by atoms with van der Waals surface area (Å²) >= 11 is 0. The molecule has 3 N–H and O–H groups in total. The number of piperazine rings is 1. The largest absolute Gasteiger partial charge is 0.514 e. The molecule has 52 heavy (non-hydrogen) atoms. The van der Waals surface area contributed by atoms with Crippen molar-refractivity contribution in [1.29, 1.82) is 5.26 Å². The maximum Gasteiger partial charge on any atom is 0.514 e. The summed E-state index contributed by atoms with van der Waals surface area (Å²) in [5, 5.41) is 26.8. The topological polar surface area (TPSA) is 173 Å². The highest BCUT2D eigenvalue weighted by atomic mass is 16.7. The third-order valence-corrected chi connectivity index (χ3v) is 10.4. The minimum absolute atomic E-state index is 0.00896. The maximum absolute atomic E-state index is 13.4. The Morgan fingerprint density at radius 2 is 1.92 bits per heavy atom. The molecule has 2 bridgehead atoms. The van der Waals surface area contributed by atoms with E-state index in [1.54, 1.807) is 28.1 Å². The fourth-order valence-corrected chi connectivity index (χ4v) is 8.43. The molecule has 0 aliphatic carbocycles. The van der Waals surface area contributed by atoms with Gasteiger partial charge in [-0.25, -0.2) is 4.79 Å². The predicted molar refractivity (Wildman–Crippen MR) is 189 cm³/mol. The Balaban J connectivity index is 1.57. The van der Waals surface area contributed by atoms with Crippen molar-refractivity contribution in [2.24, 2.45) is 0 Å². The molecule has 0 aromatic heterocycles. The van der Waals surface area contributed by atoms with E-state index in [2.05, 4.69) is 39.1 Å². The number of fused-ring (bicyclic) bond motifs is 9. The molecular weight excluding hydrogens is 673 g/mol. The van der Waals surface area contributed by atoms with Gasteiger partial charge in [-0.05, 0) is 58.6 Å². The summed E-state index contributed by atoms with van der Waals surface area (Å²) < 4.78 is 40.8. The van der Waals surface area contributed by atoms with Gasteiger partial charge in [0.25, 0.3) is 0 Å². The van der Waals surface area contributed by atoms with E-state index in [0.717, 1.165) is 16.7 Å². The molecule has 1 unspecified atom stereocenters. The summed E-state index contributed by atoms with van der Waals surface area (Å²) in [6, 6.07) is 1.74. The van der Waals surface area contributed by atoms with Crippen LogP contribution in [0.5, 0.6) is 28.7 Å². The summed E-state index contributed by atoms with van der Waals surface area (Å²) in [6.45, 7) is 10.5. The van der Waals surface area contributed by atoms with Gasteiger partial charge in [-0.3, -0.25) is 14.6 Å². The van der Waals surface area contributed by atoms with E-state index in [-0.39, 0.29) is 50.5 Å². The van der Waals surface area contributed by atoms with E-state index in [4.69, 9.17) is 33.2 Å². The summed E-state index contributed by atoms with van der Waals surface area (Å²) in [4.78, 5) is 30.9. The molecule has 0 saturated carbocycles. The predicted octanol–water partition coefficient (Wildman–Crippen LogP) is 2.70. The molecule has 6 rings (SSSR count). The number of methoxy groups -OCH3 is 2. The molecule has 2 aromatic carbocycles. The number of likely N-dealkylation sites (N-methyl/N-ethyl adjacent to an activating group) is 1. The lowest BCUT2D eigenvalue weighted by Gasteiger charge is -2.60. The number of benzene rings is 2. The van der Waals surface area contributed by atoms with Crippen molar-refractivity contribution in [3.63, 3.8) is 0 Å². The molecular formula is C36H46BN5O10. The van der Waals surface area contributed by atoms with Gasteiger partial charge in [0.1, 0.15) is 18.4 Å². The molecule has 15 nitrogen and oxygen atoms in total. The molecule has 6 atom stereocenters. The first-order chi connectivity index (χ1) is 25.0. The van der Waals surface area contributed by atoms with Gasteiger partial charge in [0.2, 0.25) is 12.7 Å². The van der Waals surface area contributed by atoms with Crippen LogP contribution in [-0.2, 0) is 27.1 Å². The fourth-order valence-electron chi connectivity index (χ4n) is 8.43. The van der Waals surface area contributed by atoms with Gasteiger partial charge in [0.15, 0.2) is 29.8 Å². The van der Waals surface area contributed by atoms with E-state index in [1.165, 1.54) is 12.9 Å². The number of ether oxygens (including phenoxy) is 7. The van der Waals surface area contributed by atoms with Crippen LogP contribution in [-0.4, -0.2) is 106 Å². The van der Waals surface area contributed by atoms with Gasteiger partial charge >= 0.3 is 13.2 Å². The van der Waals surface area contributed by atoms with Crippen molar-refractivity contribution in [2.45, 2.75) is 76.7 Å². The Bertz CT molecular complexity index is 1780. The summed E-state index contributed by atoms with van der Waals surface area (Å²) in [7, 11) is 4.26. The molecule has 4 aliphatic heterocycles. The third kappa shape index (κ3) is 6.41. The number of carbonyl (C=O) groups is 2. The number of nitrogens with zero attached hydrogens (tertiary/aromatic N) is 3. The quantitative estimate of drug-likeness (QED) is 0.0961. The molecule has 4 aliphatic rings. The second kappa shape index (κ2) is 15.2. The van der Waals surface area contributed by atoms with Crippen LogP contribution in [0.3, 0.4) is 0 Å². The van der Waals surface area contributed by atoms with Crippen molar-refractivity contribution in [2.75, 3.05) is 48.0 Å². The summed E-state index contributed by atoms with van der Waals surface area (Å²) in [5.74, 6) is 1.94. The zero-order valence-electron chi connectivity index (χ0n) is 30.6. The van der Waals surface area contributed by atoms with Crippen LogP contribution in [0.1, 0.15) is 52.4 Å². The molecule has 16 heteroatoms. The Kier molecular flexibility index (Phi) is 10.9. The van der Waals surface area contributed by atoms with E-state index in [1.807, 2.05) is 14.0 Å². The van der Waals surface area contributed by atoms with Crippen LogP contribution in [0.4, 0.5) is 4.79 Å². The Labute approximate surface area is 303 Å². The van der Waals surface area contributed by atoms with Crippen molar-refractivity contribution in [3.05, 3.63) is 52.1 Å². The van der Waals surface area contributed by atoms with Crippen LogP contribution in [0, 0.1) is 25.2 Å². The first-order valence-electron chi connectivity index (χ1n) is 17.3. The van der Waals surface area contributed by atoms with Crippen molar-refractivity contribution in [1.82, 2.24) is 20.3 Å². The lowest BCUT2D eigenvalue weighted by atomic mass is 9.71. The highest BCUT2D eigenvalue weighted by Gasteiger charge is 2.57. The highest BCUT2D eigenvalue weighted by molar-refractivity contribution is 6.46. The number of nitrogens with one attached hydrogen (secondary N) is 2. The average Bonchev–Trinajstić information content (AvgIpc) is 3.60. The average molecular weight is 720 g/mol. The molecule has 0 spiro atoms. The molecule has 2 aromatic rings. The van der Waals surface area contributed by atoms with E-state index < -0.39 is 37.4 Å². The summed E-state index contributed by atoms with van der Waals surface area (Å²) in [5.41, 5.74) is 4.72. The number of carbonyl (C=O) groups excluding carboxylic acids is 2. The maximum atomic E-state index is 13.4. The van der Waals surface area contributed by atoms with Crippen molar-refractivity contribution >= 4 is 19.1 Å². The number of hydrogen-bond acceptors (Lipinski definition) is 14. The summed E-state index contributed by atoms with van der Waals surface area (Å²) in [6.07, 6.45) is 1.40. The number of rotatable bonds is 12.